The Bertz CT molecular complexity index is 997. The van der Waals surface area contributed by atoms with Gasteiger partial charge in [-0.1, -0.05) is 19.3 Å². The first-order chi connectivity index (χ1) is 14.9. The van der Waals surface area contributed by atoms with Crippen molar-refractivity contribution in [2.45, 2.75) is 38.1 Å². The number of nitrogens with zero attached hydrogens (tertiary/aromatic N) is 5. The lowest BCUT2D eigenvalue weighted by molar-refractivity contribution is -0.117. The van der Waals surface area contributed by atoms with Crippen LogP contribution in [0.3, 0.4) is 0 Å². The van der Waals surface area contributed by atoms with Gasteiger partial charge < -0.3 is 15.0 Å². The monoisotopic (exact) mass is 429 g/mol. The number of methoxy groups -OCH3 is 1. The lowest BCUT2D eigenvalue weighted by atomic mass is 9.95. The number of urea groups is 1. The molecule has 31 heavy (non-hydrogen) atoms. The molecule has 0 radical (unpaired) electrons. The van der Waals surface area contributed by atoms with Crippen molar-refractivity contribution in [3.63, 3.8) is 0 Å². The van der Waals surface area contributed by atoms with Crippen molar-refractivity contribution in [3.05, 3.63) is 24.0 Å². The number of aromatic nitrogens is 3. The highest BCUT2D eigenvalue weighted by Gasteiger charge is 2.32. The fraction of sp³-hybridized carbons (Fsp3) is 0.450. The minimum absolute atomic E-state index is 0.0486. The average Bonchev–Trinajstić information content (AvgIpc) is 3.11. The number of rotatable bonds is 6. The molecule has 1 aliphatic carbocycles. The van der Waals surface area contributed by atoms with Gasteiger partial charge in [0.15, 0.2) is 11.6 Å². The van der Waals surface area contributed by atoms with Gasteiger partial charge in [-0.25, -0.2) is 9.18 Å². The summed E-state index contributed by atoms with van der Waals surface area (Å²) in [5, 5.41) is 5.17. The van der Waals surface area contributed by atoms with Crippen LogP contribution >= 0.6 is 0 Å². The van der Waals surface area contributed by atoms with Crippen LogP contribution in [0.15, 0.2) is 18.2 Å². The van der Waals surface area contributed by atoms with Crippen LogP contribution in [0.4, 0.5) is 32.7 Å². The normalized spacial score (nSPS) is 16.9. The predicted molar refractivity (Wildman–Crippen MR) is 112 cm³/mol. The van der Waals surface area contributed by atoms with Crippen LogP contribution in [0.5, 0.6) is 5.75 Å². The molecule has 1 saturated heterocycles. The Labute approximate surface area is 178 Å². The Balaban J connectivity index is 1.67. The summed E-state index contributed by atoms with van der Waals surface area (Å²) in [5.74, 6) is -0.288. The van der Waals surface area contributed by atoms with Crippen molar-refractivity contribution < 1.29 is 18.7 Å². The van der Waals surface area contributed by atoms with E-state index in [9.17, 15) is 14.0 Å². The molecule has 2 aliphatic rings. The zero-order valence-electron chi connectivity index (χ0n) is 17.4. The highest BCUT2D eigenvalue weighted by molar-refractivity contribution is 6.11. The largest absolute Gasteiger partial charge is 0.494 e. The lowest BCUT2D eigenvalue weighted by Gasteiger charge is -2.31. The number of imide groups is 1. The number of anilines is 4. The van der Waals surface area contributed by atoms with E-state index < -0.39 is 17.8 Å². The molecule has 2 N–H and O–H groups in total. The molecule has 0 bridgehead atoms. The van der Waals surface area contributed by atoms with Gasteiger partial charge in [-0.3, -0.25) is 15.0 Å². The third-order valence-corrected chi connectivity index (χ3v) is 5.49. The maximum Gasteiger partial charge on any atom is 0.331 e. The fourth-order valence-electron chi connectivity index (χ4n) is 3.80. The molecule has 1 aromatic heterocycles. The van der Waals surface area contributed by atoms with Crippen LogP contribution in [0.25, 0.3) is 0 Å². The minimum Gasteiger partial charge on any atom is -0.494 e. The standard InChI is InChI=1S/C20H24FN7O3/c1-27(13-6-4-3-5-7-13)18-24-17(22-12-8-9-15(31-2)14(21)10-12)25-19(26-18)28-11-16(29)23-20(28)30/h8-10,13H,3-7,11H2,1-2H3,(H,23,29,30)(H,22,24,25,26). The first-order valence-electron chi connectivity index (χ1n) is 10.2. The summed E-state index contributed by atoms with van der Waals surface area (Å²) in [6.45, 7) is -0.175. The molecular formula is C20H24FN7O3. The van der Waals surface area contributed by atoms with Gasteiger partial charge in [-0.15, -0.1) is 0 Å². The molecule has 1 aromatic carbocycles. The molecule has 164 valence electrons. The van der Waals surface area contributed by atoms with Crippen LogP contribution in [-0.4, -0.2) is 53.6 Å². The molecule has 3 amide bonds. The van der Waals surface area contributed by atoms with Crippen LogP contribution in [0.1, 0.15) is 32.1 Å². The van der Waals surface area contributed by atoms with Gasteiger partial charge in [0, 0.05) is 24.8 Å². The lowest BCUT2D eigenvalue weighted by Crippen LogP contribution is -2.36. The van der Waals surface area contributed by atoms with Gasteiger partial charge in [0.05, 0.1) is 7.11 Å². The summed E-state index contributed by atoms with van der Waals surface area (Å²) < 4.78 is 19.0. The van der Waals surface area contributed by atoms with E-state index >= 15 is 0 Å². The number of nitrogens with one attached hydrogen (secondary N) is 2. The van der Waals surface area contributed by atoms with Crippen LogP contribution < -0.4 is 25.2 Å². The molecular weight excluding hydrogens is 405 g/mol. The molecule has 2 fully saturated rings. The van der Waals surface area contributed by atoms with Gasteiger partial charge in [0.1, 0.15) is 6.54 Å². The molecule has 2 aromatic rings. The van der Waals surface area contributed by atoms with E-state index in [1.54, 1.807) is 6.07 Å². The number of ether oxygens (including phenoxy) is 1. The van der Waals surface area contributed by atoms with Crippen molar-refractivity contribution in [3.8, 4) is 5.75 Å². The Hall–Kier alpha value is -3.50. The molecule has 0 unspecified atom stereocenters. The number of hydrogen-bond acceptors (Lipinski definition) is 8. The highest BCUT2D eigenvalue weighted by atomic mass is 19.1. The van der Waals surface area contributed by atoms with Crippen LogP contribution in [-0.2, 0) is 4.79 Å². The van der Waals surface area contributed by atoms with E-state index in [1.165, 1.54) is 25.7 Å². The third kappa shape index (κ3) is 4.49. The van der Waals surface area contributed by atoms with Crippen molar-refractivity contribution in [1.82, 2.24) is 20.3 Å². The van der Waals surface area contributed by atoms with E-state index in [2.05, 4.69) is 25.6 Å². The second-order valence-electron chi connectivity index (χ2n) is 7.58. The molecule has 11 heteroatoms. The zero-order chi connectivity index (χ0) is 22.0. The maximum absolute atomic E-state index is 14.1. The van der Waals surface area contributed by atoms with Gasteiger partial charge >= 0.3 is 6.03 Å². The van der Waals surface area contributed by atoms with Crippen molar-refractivity contribution in [2.24, 2.45) is 0 Å². The Morgan fingerprint density at radius 1 is 1.19 bits per heavy atom. The zero-order valence-corrected chi connectivity index (χ0v) is 17.4. The molecule has 0 spiro atoms. The number of halogens is 1. The topological polar surface area (TPSA) is 113 Å². The second-order valence-corrected chi connectivity index (χ2v) is 7.58. The molecule has 0 atom stereocenters. The van der Waals surface area contributed by atoms with Gasteiger partial charge in [-0.2, -0.15) is 15.0 Å². The van der Waals surface area contributed by atoms with E-state index in [4.69, 9.17) is 4.74 Å². The summed E-state index contributed by atoms with van der Waals surface area (Å²) >= 11 is 0. The number of amides is 3. The fourth-order valence-corrected chi connectivity index (χ4v) is 3.80. The van der Waals surface area contributed by atoms with Gasteiger partial charge in [0.2, 0.25) is 23.8 Å². The number of carbonyl (C=O) groups excluding carboxylic acids is 2. The van der Waals surface area contributed by atoms with E-state index in [-0.39, 0.29) is 30.2 Å². The minimum atomic E-state index is -0.594. The molecule has 1 aliphatic heterocycles. The van der Waals surface area contributed by atoms with E-state index in [1.807, 2.05) is 11.9 Å². The smallest absolute Gasteiger partial charge is 0.331 e. The number of benzene rings is 1. The van der Waals surface area contributed by atoms with Crippen LogP contribution in [0, 0.1) is 5.82 Å². The average molecular weight is 429 g/mol. The summed E-state index contributed by atoms with van der Waals surface area (Å²) in [6.07, 6.45) is 5.51. The first-order valence-corrected chi connectivity index (χ1v) is 10.2. The van der Waals surface area contributed by atoms with E-state index in [0.717, 1.165) is 30.6 Å². The predicted octanol–water partition coefficient (Wildman–Crippen LogP) is 2.59. The molecule has 4 rings (SSSR count). The molecule has 2 heterocycles. The SMILES string of the molecule is COc1ccc(Nc2nc(N3CC(=O)NC3=O)nc(N(C)C3CCCCC3)n2)cc1F. The quantitative estimate of drug-likeness (QED) is 0.674. The van der Waals surface area contributed by atoms with Crippen molar-refractivity contribution in [2.75, 3.05) is 35.8 Å². The third-order valence-electron chi connectivity index (χ3n) is 5.49. The summed E-state index contributed by atoms with van der Waals surface area (Å²) in [7, 11) is 3.29. The molecule has 1 saturated carbocycles. The first kappa shape index (κ1) is 20.8. The van der Waals surface area contributed by atoms with Gasteiger partial charge in [-0.05, 0) is 25.0 Å². The maximum atomic E-state index is 14.1. The van der Waals surface area contributed by atoms with Crippen LogP contribution in [0.2, 0.25) is 0 Å². The Morgan fingerprint density at radius 2 is 1.97 bits per heavy atom. The van der Waals surface area contributed by atoms with Crippen molar-refractivity contribution in [1.29, 1.82) is 0 Å². The Kier molecular flexibility index (Phi) is 5.83. The Morgan fingerprint density at radius 3 is 2.61 bits per heavy atom. The van der Waals surface area contributed by atoms with Crippen molar-refractivity contribution >= 4 is 35.5 Å². The molecule has 10 nitrogen and oxygen atoms in total. The summed E-state index contributed by atoms with van der Waals surface area (Å²) in [5.41, 5.74) is 0.406. The summed E-state index contributed by atoms with van der Waals surface area (Å²) in [4.78, 5) is 40.2. The second kappa shape index (κ2) is 8.70. The highest BCUT2D eigenvalue weighted by Crippen LogP contribution is 2.28. The number of carbonyl (C=O) groups is 2. The summed E-state index contributed by atoms with van der Waals surface area (Å²) in [6, 6.07) is 4.05. The number of hydrogen-bond donors (Lipinski definition) is 2. The van der Waals surface area contributed by atoms with Gasteiger partial charge in [0.25, 0.3) is 0 Å². The van der Waals surface area contributed by atoms with E-state index in [0.29, 0.717) is 11.6 Å².